The average Bonchev–Trinajstić information content (AvgIpc) is 3.29. The molecule has 3 rings (SSSR count). The highest BCUT2D eigenvalue weighted by Gasteiger charge is 2.46. The maximum atomic E-state index is 13.2. The van der Waals surface area contributed by atoms with Crippen molar-refractivity contribution in [1.82, 2.24) is 14.8 Å². The van der Waals surface area contributed by atoms with E-state index in [1.165, 1.54) is 12.0 Å². The molecule has 1 aromatic carbocycles. The number of likely N-dealkylation sites (tertiary alicyclic amines) is 1. The van der Waals surface area contributed by atoms with E-state index in [2.05, 4.69) is 4.98 Å². The molecule has 2 heterocycles. The fourth-order valence-corrected chi connectivity index (χ4v) is 4.33. The quantitative estimate of drug-likeness (QED) is 0.246. The molecule has 36 heavy (non-hydrogen) atoms. The standard InChI is InChI=1S/C26H31N3O7/c1-7-36-26(34)20-14(2)18(15(3)27-20)22(30)19-21(16-8-10-17(11-9-16)25(33)35-6)29(13-12-28(4)5)24(32)23(19)31/h8-11,21,27,30H,7,12-13H2,1-6H3/b22-19+/t21-/m1/s1. The average molecular weight is 498 g/mol. The van der Waals surface area contributed by atoms with E-state index in [4.69, 9.17) is 9.47 Å². The van der Waals surface area contributed by atoms with E-state index in [1.54, 1.807) is 45.0 Å². The third-order valence-electron chi connectivity index (χ3n) is 6.13. The molecule has 0 radical (unpaired) electrons. The van der Waals surface area contributed by atoms with Crippen LogP contribution in [0.25, 0.3) is 5.76 Å². The van der Waals surface area contributed by atoms with Gasteiger partial charge in [-0.3, -0.25) is 9.59 Å². The molecule has 1 fully saturated rings. The molecule has 192 valence electrons. The van der Waals surface area contributed by atoms with Gasteiger partial charge in [0.15, 0.2) is 0 Å². The summed E-state index contributed by atoms with van der Waals surface area (Å²) in [5.41, 5.74) is 2.04. The number of hydrogen-bond donors (Lipinski definition) is 2. The van der Waals surface area contributed by atoms with Gasteiger partial charge < -0.3 is 29.4 Å². The molecule has 0 saturated carbocycles. The molecule has 0 unspecified atom stereocenters. The van der Waals surface area contributed by atoms with Gasteiger partial charge in [0.25, 0.3) is 11.7 Å². The van der Waals surface area contributed by atoms with Gasteiger partial charge in [-0.1, -0.05) is 12.1 Å². The van der Waals surface area contributed by atoms with Gasteiger partial charge in [0.05, 0.1) is 30.9 Å². The number of Topliss-reactive ketones (excluding diaryl/α,β-unsaturated/α-hetero) is 1. The van der Waals surface area contributed by atoms with Gasteiger partial charge in [-0.25, -0.2) is 9.59 Å². The lowest BCUT2D eigenvalue weighted by Crippen LogP contribution is -2.35. The predicted molar refractivity (Wildman–Crippen MR) is 132 cm³/mol. The second-order valence-corrected chi connectivity index (χ2v) is 8.75. The smallest absolute Gasteiger partial charge is 0.355 e. The van der Waals surface area contributed by atoms with E-state index in [1.807, 2.05) is 19.0 Å². The Morgan fingerprint density at radius 2 is 1.75 bits per heavy atom. The van der Waals surface area contributed by atoms with Crippen LogP contribution in [0, 0.1) is 13.8 Å². The van der Waals surface area contributed by atoms with Crippen molar-refractivity contribution in [3.8, 4) is 0 Å². The van der Waals surface area contributed by atoms with E-state index in [0.29, 0.717) is 28.9 Å². The van der Waals surface area contributed by atoms with Gasteiger partial charge in [0.2, 0.25) is 0 Å². The van der Waals surface area contributed by atoms with E-state index >= 15 is 0 Å². The molecule has 0 spiro atoms. The Balaban J connectivity index is 2.19. The zero-order chi connectivity index (χ0) is 26.7. The summed E-state index contributed by atoms with van der Waals surface area (Å²) in [6, 6.07) is 5.44. The zero-order valence-corrected chi connectivity index (χ0v) is 21.3. The van der Waals surface area contributed by atoms with Crippen LogP contribution in [0.4, 0.5) is 0 Å². The monoisotopic (exact) mass is 497 g/mol. The third kappa shape index (κ3) is 4.90. The molecule has 1 atom stereocenters. The van der Waals surface area contributed by atoms with Crippen LogP contribution in [0.2, 0.25) is 0 Å². The molecule has 1 saturated heterocycles. The van der Waals surface area contributed by atoms with Gasteiger partial charge in [-0.05, 0) is 58.1 Å². The molecule has 10 heteroatoms. The van der Waals surface area contributed by atoms with Crippen LogP contribution in [0.1, 0.15) is 56.2 Å². The fraction of sp³-hybridized carbons (Fsp3) is 0.385. The molecule has 0 aliphatic carbocycles. The number of nitrogens with one attached hydrogen (secondary N) is 1. The van der Waals surface area contributed by atoms with Crippen molar-refractivity contribution in [2.75, 3.05) is 40.9 Å². The number of carbonyl (C=O) groups is 4. The Kier molecular flexibility index (Phi) is 7.99. The summed E-state index contributed by atoms with van der Waals surface area (Å²) in [7, 11) is 4.97. The number of methoxy groups -OCH3 is 1. The highest BCUT2D eigenvalue weighted by atomic mass is 16.5. The highest BCUT2D eigenvalue weighted by Crippen LogP contribution is 2.40. The normalized spacial score (nSPS) is 17.1. The lowest BCUT2D eigenvalue weighted by molar-refractivity contribution is -0.140. The van der Waals surface area contributed by atoms with Gasteiger partial charge in [0, 0.05) is 24.3 Å². The Morgan fingerprint density at radius 3 is 2.31 bits per heavy atom. The predicted octanol–water partition coefficient (Wildman–Crippen LogP) is 2.58. The number of aryl methyl sites for hydroxylation is 1. The number of ketones is 1. The second-order valence-electron chi connectivity index (χ2n) is 8.75. The van der Waals surface area contributed by atoms with E-state index in [0.717, 1.165) is 0 Å². The van der Waals surface area contributed by atoms with Crippen LogP contribution in [0.5, 0.6) is 0 Å². The number of aliphatic hydroxyl groups is 1. The van der Waals surface area contributed by atoms with Crippen LogP contribution < -0.4 is 0 Å². The van der Waals surface area contributed by atoms with Crippen molar-refractivity contribution in [3.63, 3.8) is 0 Å². The van der Waals surface area contributed by atoms with Crippen LogP contribution in [-0.2, 0) is 19.1 Å². The van der Waals surface area contributed by atoms with Crippen molar-refractivity contribution in [3.05, 3.63) is 63.5 Å². The summed E-state index contributed by atoms with van der Waals surface area (Å²) >= 11 is 0. The van der Waals surface area contributed by atoms with Crippen molar-refractivity contribution in [2.45, 2.75) is 26.8 Å². The zero-order valence-electron chi connectivity index (χ0n) is 21.3. The summed E-state index contributed by atoms with van der Waals surface area (Å²) in [5.74, 6) is -3.06. The maximum absolute atomic E-state index is 13.2. The van der Waals surface area contributed by atoms with Gasteiger partial charge >= 0.3 is 11.9 Å². The first-order valence-electron chi connectivity index (χ1n) is 11.5. The number of hydrogen-bond acceptors (Lipinski definition) is 8. The minimum Gasteiger partial charge on any atom is -0.507 e. The summed E-state index contributed by atoms with van der Waals surface area (Å²) in [6.07, 6.45) is 0. The second kappa shape index (κ2) is 10.8. The molecular formula is C26H31N3O7. The van der Waals surface area contributed by atoms with Gasteiger partial charge in [-0.15, -0.1) is 0 Å². The lowest BCUT2D eigenvalue weighted by Gasteiger charge is -2.26. The lowest BCUT2D eigenvalue weighted by atomic mass is 9.93. The van der Waals surface area contributed by atoms with Crippen LogP contribution >= 0.6 is 0 Å². The maximum Gasteiger partial charge on any atom is 0.355 e. The topological polar surface area (TPSA) is 129 Å². The number of aromatic amines is 1. The highest BCUT2D eigenvalue weighted by molar-refractivity contribution is 6.46. The fourth-order valence-electron chi connectivity index (χ4n) is 4.33. The summed E-state index contributed by atoms with van der Waals surface area (Å²) in [4.78, 5) is 56.8. The number of H-pyrrole nitrogens is 1. The largest absolute Gasteiger partial charge is 0.507 e. The first-order valence-corrected chi connectivity index (χ1v) is 11.5. The molecule has 1 aromatic heterocycles. The number of nitrogens with zero attached hydrogens (tertiary/aromatic N) is 2. The number of rotatable bonds is 8. The minimum absolute atomic E-state index is 0.0924. The molecule has 0 bridgehead atoms. The van der Waals surface area contributed by atoms with E-state index < -0.39 is 29.7 Å². The van der Waals surface area contributed by atoms with E-state index in [-0.39, 0.29) is 35.7 Å². The van der Waals surface area contributed by atoms with Crippen molar-refractivity contribution in [2.24, 2.45) is 0 Å². The third-order valence-corrected chi connectivity index (χ3v) is 6.13. The molecule has 1 amide bonds. The number of ether oxygens (including phenoxy) is 2. The summed E-state index contributed by atoms with van der Waals surface area (Å²) in [5, 5.41) is 11.4. The number of aliphatic hydroxyl groups excluding tert-OH is 1. The molecule has 2 aromatic rings. The van der Waals surface area contributed by atoms with Crippen LogP contribution in [0.3, 0.4) is 0 Å². The minimum atomic E-state index is -0.892. The number of esters is 2. The van der Waals surface area contributed by atoms with Crippen LogP contribution in [0.15, 0.2) is 29.8 Å². The molecule has 1 aliphatic heterocycles. The molecule has 2 N–H and O–H groups in total. The number of amides is 1. The van der Waals surface area contributed by atoms with E-state index in [9.17, 15) is 24.3 Å². The first-order chi connectivity index (χ1) is 17.0. The number of aromatic nitrogens is 1. The molecule has 1 aliphatic rings. The van der Waals surface area contributed by atoms with Crippen molar-refractivity contribution in [1.29, 1.82) is 0 Å². The summed E-state index contributed by atoms with van der Waals surface area (Å²) < 4.78 is 9.83. The Bertz CT molecular complexity index is 1220. The first kappa shape index (κ1) is 26.7. The van der Waals surface area contributed by atoms with Gasteiger partial charge in [-0.2, -0.15) is 0 Å². The molecular weight excluding hydrogens is 466 g/mol. The van der Waals surface area contributed by atoms with Crippen molar-refractivity contribution < 1.29 is 33.8 Å². The number of carbonyl (C=O) groups excluding carboxylic acids is 4. The summed E-state index contributed by atoms with van der Waals surface area (Å²) in [6.45, 7) is 5.87. The Labute approximate surface area is 209 Å². The molecule has 10 nitrogen and oxygen atoms in total. The SMILES string of the molecule is CCOC(=O)c1[nH]c(C)c(/C(O)=C2\C(=O)C(=O)N(CCN(C)C)[C@@H]2c2ccc(C(=O)OC)cc2)c1C. The Morgan fingerprint density at radius 1 is 1.11 bits per heavy atom. The number of benzene rings is 1. The van der Waals surface area contributed by atoms with Crippen LogP contribution in [-0.4, -0.2) is 84.4 Å². The number of likely N-dealkylation sites (N-methyl/N-ethyl adjacent to an activating group) is 1. The van der Waals surface area contributed by atoms with Crippen molar-refractivity contribution >= 4 is 29.4 Å². The van der Waals surface area contributed by atoms with Gasteiger partial charge in [0.1, 0.15) is 11.5 Å². The Hall–Kier alpha value is -3.92.